The fraction of sp³-hybridized carbons (Fsp3) is 1.00. The highest BCUT2D eigenvalue weighted by Gasteiger charge is 2.37. The Labute approximate surface area is 88.7 Å². The molecule has 2 aliphatic rings. The molecule has 0 aromatic rings. The molecule has 1 N–H and O–H groups in total. The highest BCUT2D eigenvalue weighted by Crippen LogP contribution is 2.45. The van der Waals surface area contributed by atoms with Gasteiger partial charge in [-0.25, -0.2) is 0 Å². The third-order valence-electron chi connectivity index (χ3n) is 4.27. The molecule has 0 aromatic carbocycles. The molecule has 2 saturated carbocycles. The van der Waals surface area contributed by atoms with Gasteiger partial charge in [0.1, 0.15) is 0 Å². The van der Waals surface area contributed by atoms with E-state index in [1.807, 2.05) is 0 Å². The van der Waals surface area contributed by atoms with Crippen molar-refractivity contribution in [3.8, 4) is 0 Å². The average Bonchev–Trinajstić information content (AvgIpc) is 2.54. The largest absolute Gasteiger partial charge is 0.314 e. The second kappa shape index (κ2) is 4.65. The Kier molecular flexibility index (Phi) is 3.48. The smallest absolute Gasteiger partial charge is 0.00104 e. The first-order valence-electron chi connectivity index (χ1n) is 6.50. The monoisotopic (exact) mass is 195 g/mol. The van der Waals surface area contributed by atoms with Gasteiger partial charge in [-0.05, 0) is 37.1 Å². The minimum absolute atomic E-state index is 0.667. The lowest BCUT2D eigenvalue weighted by molar-refractivity contribution is 0.103. The van der Waals surface area contributed by atoms with Gasteiger partial charge in [0.15, 0.2) is 0 Å². The van der Waals surface area contributed by atoms with Gasteiger partial charge in [0.25, 0.3) is 0 Å². The molecule has 2 atom stereocenters. The summed E-state index contributed by atoms with van der Waals surface area (Å²) in [6.45, 7) is 5.78. The molecule has 2 rings (SSSR count). The summed E-state index contributed by atoms with van der Waals surface area (Å²) in [5.41, 5.74) is 0. The van der Waals surface area contributed by atoms with E-state index < -0.39 is 0 Å². The summed E-state index contributed by atoms with van der Waals surface area (Å²) in [5.74, 6) is 3.20. The molecule has 0 spiro atoms. The van der Waals surface area contributed by atoms with Crippen molar-refractivity contribution in [1.82, 2.24) is 5.32 Å². The quantitative estimate of drug-likeness (QED) is 0.726. The molecule has 2 aliphatic carbocycles. The Balaban J connectivity index is 1.72. The molecule has 2 unspecified atom stereocenters. The van der Waals surface area contributed by atoms with Crippen LogP contribution in [0.4, 0.5) is 0 Å². The van der Waals surface area contributed by atoms with Crippen LogP contribution in [0, 0.1) is 17.8 Å². The lowest BCUT2D eigenvalue weighted by Gasteiger charge is -2.41. The third kappa shape index (κ3) is 2.31. The molecule has 0 radical (unpaired) electrons. The molecule has 0 aromatic heterocycles. The summed E-state index contributed by atoms with van der Waals surface area (Å²) in [5, 5.41) is 3.60. The van der Waals surface area contributed by atoms with Gasteiger partial charge in [-0.3, -0.25) is 0 Å². The molecule has 0 bridgehead atoms. The highest BCUT2D eigenvalue weighted by molar-refractivity contribution is 4.89. The molecule has 1 heteroatoms. The van der Waals surface area contributed by atoms with Crippen molar-refractivity contribution in [3.63, 3.8) is 0 Å². The predicted octanol–water partition coefficient (Wildman–Crippen LogP) is 3.20. The van der Waals surface area contributed by atoms with Gasteiger partial charge in [-0.1, -0.05) is 39.5 Å². The van der Waals surface area contributed by atoms with Crippen molar-refractivity contribution >= 4 is 0 Å². The maximum atomic E-state index is 3.60. The van der Waals surface area contributed by atoms with E-state index in [0.717, 1.165) is 17.8 Å². The molecule has 0 amide bonds. The zero-order chi connectivity index (χ0) is 9.97. The second-order valence-electron chi connectivity index (χ2n) is 5.61. The first kappa shape index (κ1) is 10.5. The summed E-state index contributed by atoms with van der Waals surface area (Å²) in [6, 6.07) is 0.667. The Morgan fingerprint density at radius 1 is 1.07 bits per heavy atom. The standard InChI is InChI=1S/C13H25N/c1-10(2)14-9-12-7-8-13(12)11-5-3-4-6-11/h10-14H,3-9H2,1-2H3. The predicted molar refractivity (Wildman–Crippen MR) is 61.3 cm³/mol. The van der Waals surface area contributed by atoms with E-state index in [4.69, 9.17) is 0 Å². The van der Waals surface area contributed by atoms with Crippen molar-refractivity contribution < 1.29 is 0 Å². The van der Waals surface area contributed by atoms with Crippen LogP contribution >= 0.6 is 0 Å². The highest BCUT2D eigenvalue weighted by atomic mass is 14.9. The van der Waals surface area contributed by atoms with E-state index in [1.54, 1.807) is 0 Å². The van der Waals surface area contributed by atoms with Crippen molar-refractivity contribution in [1.29, 1.82) is 0 Å². The van der Waals surface area contributed by atoms with Crippen molar-refractivity contribution in [3.05, 3.63) is 0 Å². The third-order valence-corrected chi connectivity index (χ3v) is 4.27. The molecule has 2 fully saturated rings. The van der Waals surface area contributed by atoms with Gasteiger partial charge in [0.2, 0.25) is 0 Å². The van der Waals surface area contributed by atoms with E-state index in [9.17, 15) is 0 Å². The fourth-order valence-corrected chi connectivity index (χ4v) is 3.24. The van der Waals surface area contributed by atoms with E-state index >= 15 is 0 Å². The average molecular weight is 195 g/mol. The van der Waals surface area contributed by atoms with Gasteiger partial charge in [0.05, 0.1) is 0 Å². The van der Waals surface area contributed by atoms with Crippen LogP contribution in [0.3, 0.4) is 0 Å². The number of hydrogen-bond donors (Lipinski definition) is 1. The molecular formula is C13H25N. The second-order valence-corrected chi connectivity index (χ2v) is 5.61. The summed E-state index contributed by atoms with van der Waals surface area (Å²) in [6.07, 6.45) is 9.08. The maximum absolute atomic E-state index is 3.60. The maximum Gasteiger partial charge on any atom is 0.00104 e. The zero-order valence-corrected chi connectivity index (χ0v) is 9.76. The minimum atomic E-state index is 0.667. The van der Waals surface area contributed by atoms with Gasteiger partial charge in [0, 0.05) is 6.04 Å². The van der Waals surface area contributed by atoms with Crippen molar-refractivity contribution in [2.75, 3.05) is 6.54 Å². The first-order chi connectivity index (χ1) is 6.77. The molecule has 0 saturated heterocycles. The van der Waals surface area contributed by atoms with Crippen molar-refractivity contribution in [2.45, 2.75) is 58.4 Å². The van der Waals surface area contributed by atoms with Crippen LogP contribution in [0.5, 0.6) is 0 Å². The fourth-order valence-electron chi connectivity index (χ4n) is 3.24. The Morgan fingerprint density at radius 2 is 1.79 bits per heavy atom. The number of rotatable bonds is 4. The molecule has 0 aliphatic heterocycles. The van der Waals surface area contributed by atoms with Crippen LogP contribution in [0.25, 0.3) is 0 Å². The Bertz CT molecular complexity index is 170. The number of hydrogen-bond acceptors (Lipinski definition) is 1. The molecule has 82 valence electrons. The molecule has 14 heavy (non-hydrogen) atoms. The van der Waals surface area contributed by atoms with E-state index in [-0.39, 0.29) is 0 Å². The van der Waals surface area contributed by atoms with Crippen LogP contribution in [-0.4, -0.2) is 12.6 Å². The van der Waals surface area contributed by atoms with Gasteiger partial charge in [-0.2, -0.15) is 0 Å². The first-order valence-corrected chi connectivity index (χ1v) is 6.50. The lowest BCUT2D eigenvalue weighted by atomic mass is 9.66. The Morgan fingerprint density at radius 3 is 2.29 bits per heavy atom. The van der Waals surface area contributed by atoms with Crippen LogP contribution in [0.15, 0.2) is 0 Å². The summed E-state index contributed by atoms with van der Waals surface area (Å²) in [4.78, 5) is 0. The summed E-state index contributed by atoms with van der Waals surface area (Å²) in [7, 11) is 0. The lowest BCUT2D eigenvalue weighted by Crippen LogP contribution is -2.40. The topological polar surface area (TPSA) is 12.0 Å². The summed E-state index contributed by atoms with van der Waals surface area (Å²) < 4.78 is 0. The minimum Gasteiger partial charge on any atom is -0.314 e. The van der Waals surface area contributed by atoms with Gasteiger partial charge in [-0.15, -0.1) is 0 Å². The van der Waals surface area contributed by atoms with Crippen LogP contribution in [0.1, 0.15) is 52.4 Å². The Hall–Kier alpha value is -0.0400. The van der Waals surface area contributed by atoms with E-state index in [2.05, 4.69) is 19.2 Å². The zero-order valence-electron chi connectivity index (χ0n) is 9.76. The normalized spacial score (nSPS) is 33.6. The SMILES string of the molecule is CC(C)NCC1CCC1C1CCCC1. The molecule has 1 nitrogen and oxygen atoms in total. The van der Waals surface area contributed by atoms with E-state index in [0.29, 0.717) is 6.04 Å². The van der Waals surface area contributed by atoms with Crippen LogP contribution < -0.4 is 5.32 Å². The van der Waals surface area contributed by atoms with Crippen LogP contribution in [-0.2, 0) is 0 Å². The summed E-state index contributed by atoms with van der Waals surface area (Å²) >= 11 is 0. The van der Waals surface area contributed by atoms with Crippen LogP contribution in [0.2, 0.25) is 0 Å². The van der Waals surface area contributed by atoms with Gasteiger partial charge < -0.3 is 5.32 Å². The van der Waals surface area contributed by atoms with E-state index in [1.165, 1.54) is 45.1 Å². The van der Waals surface area contributed by atoms with Crippen molar-refractivity contribution in [2.24, 2.45) is 17.8 Å². The molecular weight excluding hydrogens is 170 g/mol. The number of nitrogens with one attached hydrogen (secondary N) is 1. The molecule has 0 heterocycles. The van der Waals surface area contributed by atoms with Gasteiger partial charge >= 0.3 is 0 Å².